The number of aromatic nitrogens is 1. The predicted molar refractivity (Wildman–Crippen MR) is 71.1 cm³/mol. The number of amides is 1. The van der Waals surface area contributed by atoms with E-state index in [1.807, 2.05) is 5.38 Å². The van der Waals surface area contributed by atoms with Crippen LogP contribution in [-0.2, 0) is 4.79 Å². The van der Waals surface area contributed by atoms with Crippen LogP contribution in [0.4, 0.5) is 5.13 Å². The van der Waals surface area contributed by atoms with E-state index in [1.54, 1.807) is 12.1 Å². The summed E-state index contributed by atoms with van der Waals surface area (Å²) in [5.41, 5.74) is 0. The fourth-order valence-electron chi connectivity index (χ4n) is 1.14. The van der Waals surface area contributed by atoms with E-state index < -0.39 is 5.97 Å². The van der Waals surface area contributed by atoms with Gasteiger partial charge in [-0.2, -0.15) is 0 Å². The molecule has 0 radical (unpaired) electrons. The van der Waals surface area contributed by atoms with Crippen LogP contribution in [0.1, 0.15) is 14.5 Å². The van der Waals surface area contributed by atoms with Gasteiger partial charge < -0.3 is 5.11 Å². The van der Waals surface area contributed by atoms with Gasteiger partial charge in [0.1, 0.15) is 0 Å². The second-order valence-corrected chi connectivity index (χ2v) is 5.18. The van der Waals surface area contributed by atoms with E-state index >= 15 is 0 Å². The fourth-order valence-corrected chi connectivity index (χ4v) is 2.47. The zero-order valence-corrected chi connectivity index (χ0v) is 10.6. The molecule has 0 spiro atoms. The smallest absolute Gasteiger partial charge is 0.328 e. The topological polar surface area (TPSA) is 79.3 Å². The van der Waals surface area contributed by atoms with E-state index in [2.05, 4.69) is 10.3 Å². The highest BCUT2D eigenvalue weighted by Gasteiger charge is 2.08. The van der Waals surface area contributed by atoms with Crippen LogP contribution < -0.4 is 5.32 Å². The van der Waals surface area contributed by atoms with Crippen molar-refractivity contribution in [3.63, 3.8) is 0 Å². The molecule has 0 aromatic carbocycles. The summed E-state index contributed by atoms with van der Waals surface area (Å²) in [5, 5.41) is 13.4. The van der Waals surface area contributed by atoms with E-state index in [0.717, 1.165) is 6.08 Å². The molecule has 5 nitrogen and oxygen atoms in total. The van der Waals surface area contributed by atoms with Crippen LogP contribution in [0.15, 0.2) is 29.8 Å². The third-order valence-electron chi connectivity index (χ3n) is 1.88. The first-order valence-electron chi connectivity index (χ1n) is 4.87. The zero-order valence-electron chi connectivity index (χ0n) is 8.99. The van der Waals surface area contributed by atoms with Crippen molar-refractivity contribution in [2.45, 2.75) is 0 Å². The summed E-state index contributed by atoms with van der Waals surface area (Å²) in [5.74, 6) is -1.24. The van der Waals surface area contributed by atoms with Crippen molar-refractivity contribution in [2.24, 2.45) is 0 Å². The van der Waals surface area contributed by atoms with Crippen LogP contribution in [0, 0.1) is 0 Å². The van der Waals surface area contributed by atoms with Crippen LogP contribution in [0.5, 0.6) is 0 Å². The number of nitrogens with one attached hydrogen (secondary N) is 1. The summed E-state index contributed by atoms with van der Waals surface area (Å²) in [7, 11) is 0. The molecule has 0 aliphatic carbocycles. The minimum Gasteiger partial charge on any atom is -0.478 e. The second kappa shape index (κ2) is 5.56. The number of carbonyl (C=O) groups is 2. The molecule has 0 bridgehead atoms. The zero-order chi connectivity index (χ0) is 13.0. The van der Waals surface area contributed by atoms with Gasteiger partial charge in [0.05, 0.1) is 4.88 Å². The first-order chi connectivity index (χ1) is 8.65. The average Bonchev–Trinajstić information content (AvgIpc) is 2.97. The van der Waals surface area contributed by atoms with Gasteiger partial charge in [-0.15, -0.1) is 11.3 Å². The molecule has 2 heterocycles. The lowest BCUT2D eigenvalue weighted by Crippen LogP contribution is -2.09. The van der Waals surface area contributed by atoms with Gasteiger partial charge in [-0.05, 0) is 17.5 Å². The Morgan fingerprint density at radius 2 is 2.28 bits per heavy atom. The maximum atomic E-state index is 11.7. The molecule has 2 aromatic rings. The molecule has 2 N–H and O–H groups in total. The predicted octanol–water partition coefficient (Wildman–Crippen LogP) is 2.55. The number of thiophene rings is 1. The molecule has 0 saturated heterocycles. The van der Waals surface area contributed by atoms with Crippen molar-refractivity contribution < 1.29 is 14.7 Å². The molecular formula is C11H8N2O3S2. The molecule has 0 atom stereocenters. The van der Waals surface area contributed by atoms with Crippen molar-refractivity contribution in [2.75, 3.05) is 5.32 Å². The second-order valence-electron chi connectivity index (χ2n) is 3.17. The van der Waals surface area contributed by atoms with Gasteiger partial charge in [-0.3, -0.25) is 10.1 Å². The lowest BCUT2D eigenvalue weighted by Gasteiger charge is -1.96. The third-order valence-corrected chi connectivity index (χ3v) is 3.63. The molecule has 2 rings (SSSR count). The number of aliphatic carboxylic acids is 1. The van der Waals surface area contributed by atoms with Crippen molar-refractivity contribution in [3.05, 3.63) is 39.5 Å². The van der Waals surface area contributed by atoms with Crippen LogP contribution >= 0.6 is 22.7 Å². The first kappa shape index (κ1) is 12.5. The lowest BCUT2D eigenvalue weighted by molar-refractivity contribution is -0.131. The number of nitrogens with zero attached hydrogens (tertiary/aromatic N) is 1. The molecule has 0 aliphatic rings. The highest BCUT2D eigenvalue weighted by molar-refractivity contribution is 7.16. The number of hydrogen-bond acceptors (Lipinski definition) is 5. The van der Waals surface area contributed by atoms with E-state index in [-0.39, 0.29) is 5.91 Å². The monoisotopic (exact) mass is 280 g/mol. The molecule has 0 aliphatic heterocycles. The number of rotatable bonds is 4. The number of hydrogen-bond donors (Lipinski definition) is 2. The van der Waals surface area contributed by atoms with Gasteiger partial charge in [0.2, 0.25) is 0 Å². The molecule has 1 amide bonds. The van der Waals surface area contributed by atoms with Crippen LogP contribution in [0.3, 0.4) is 0 Å². The Balaban J connectivity index is 2.03. The van der Waals surface area contributed by atoms with Gasteiger partial charge in [0.25, 0.3) is 5.91 Å². The molecule has 2 aromatic heterocycles. The van der Waals surface area contributed by atoms with E-state index in [4.69, 9.17) is 5.11 Å². The summed E-state index contributed by atoms with van der Waals surface area (Å²) in [6, 6.07) is 3.52. The quantitative estimate of drug-likeness (QED) is 0.843. The number of carboxylic acids is 1. The molecule has 92 valence electrons. The Kier molecular flexibility index (Phi) is 3.85. The summed E-state index contributed by atoms with van der Waals surface area (Å²) in [6.07, 6.45) is 3.97. The highest BCUT2D eigenvalue weighted by Crippen LogP contribution is 2.20. The Labute approximate surface area is 110 Å². The highest BCUT2D eigenvalue weighted by atomic mass is 32.1. The van der Waals surface area contributed by atoms with Gasteiger partial charge in [0, 0.05) is 17.2 Å². The van der Waals surface area contributed by atoms with Gasteiger partial charge in [-0.1, -0.05) is 17.4 Å². The van der Waals surface area contributed by atoms with Crippen LogP contribution in [0.2, 0.25) is 0 Å². The lowest BCUT2D eigenvalue weighted by atomic mass is 10.4. The summed E-state index contributed by atoms with van der Waals surface area (Å²) < 4.78 is 0. The Bertz CT molecular complexity index is 587. The number of carbonyl (C=O) groups excluding carboxylic acids is 1. The minimum absolute atomic E-state index is 0.215. The SMILES string of the molecule is O=C(O)C=Cc1cnc(NC(=O)c2cccs2)s1. The maximum Gasteiger partial charge on any atom is 0.328 e. The minimum atomic E-state index is -1.02. The first-order valence-corrected chi connectivity index (χ1v) is 6.56. The summed E-state index contributed by atoms with van der Waals surface area (Å²) in [4.78, 5) is 27.3. The van der Waals surface area contributed by atoms with Crippen molar-refractivity contribution >= 4 is 45.8 Å². The molecule has 0 unspecified atom stereocenters. The third kappa shape index (κ3) is 3.25. The molecule has 0 saturated carbocycles. The normalized spacial score (nSPS) is 10.7. The fraction of sp³-hybridized carbons (Fsp3) is 0. The standard InChI is InChI=1S/C11H8N2O3S2/c14-9(15)4-3-7-6-12-11(18-7)13-10(16)8-2-1-5-17-8/h1-6H,(H,14,15)(H,12,13,16). The Hall–Kier alpha value is -1.99. The van der Waals surface area contributed by atoms with E-state index in [0.29, 0.717) is 14.9 Å². The molecule has 7 heteroatoms. The molecular weight excluding hydrogens is 272 g/mol. The van der Waals surface area contributed by atoms with Gasteiger partial charge >= 0.3 is 5.97 Å². The van der Waals surface area contributed by atoms with Crippen LogP contribution in [0.25, 0.3) is 6.08 Å². The van der Waals surface area contributed by atoms with Gasteiger partial charge in [-0.25, -0.2) is 9.78 Å². The summed E-state index contributed by atoms with van der Waals surface area (Å²) >= 11 is 2.56. The average molecular weight is 280 g/mol. The van der Waals surface area contributed by atoms with Gasteiger partial charge in [0.15, 0.2) is 5.13 Å². The van der Waals surface area contributed by atoms with Crippen molar-refractivity contribution in [1.82, 2.24) is 4.98 Å². The molecule has 18 heavy (non-hydrogen) atoms. The van der Waals surface area contributed by atoms with E-state index in [1.165, 1.54) is 34.9 Å². The summed E-state index contributed by atoms with van der Waals surface area (Å²) in [6.45, 7) is 0. The number of carboxylic acid groups (broad SMARTS) is 1. The van der Waals surface area contributed by atoms with E-state index in [9.17, 15) is 9.59 Å². The number of thiazole rings is 1. The van der Waals surface area contributed by atoms with Crippen molar-refractivity contribution in [1.29, 1.82) is 0 Å². The Morgan fingerprint density at radius 3 is 2.94 bits per heavy atom. The maximum absolute atomic E-state index is 11.7. The largest absolute Gasteiger partial charge is 0.478 e. The van der Waals surface area contributed by atoms with Crippen molar-refractivity contribution in [3.8, 4) is 0 Å². The molecule has 0 fully saturated rings. The Morgan fingerprint density at radius 1 is 1.44 bits per heavy atom. The van der Waals surface area contributed by atoms with Crippen LogP contribution in [-0.4, -0.2) is 22.0 Å². The number of anilines is 1.